The molecule has 0 saturated carbocycles. The molecule has 0 atom stereocenters. The van der Waals surface area contributed by atoms with Gasteiger partial charge >= 0.3 is 6.18 Å². The summed E-state index contributed by atoms with van der Waals surface area (Å²) in [6.07, 6.45) is 6.07. The Morgan fingerprint density at radius 2 is 1.79 bits per heavy atom. The number of anilines is 1. The number of halogens is 3. The normalized spacial score (nSPS) is 11.8. The number of nitrogens with one attached hydrogen (secondary N) is 1. The van der Waals surface area contributed by atoms with Crippen molar-refractivity contribution in [1.29, 1.82) is 0 Å². The minimum Gasteiger partial charge on any atom is -0.364 e. The molecule has 0 aliphatic rings. The van der Waals surface area contributed by atoms with E-state index in [1.54, 1.807) is 12.4 Å². The van der Waals surface area contributed by atoms with Crippen molar-refractivity contribution < 1.29 is 13.2 Å². The summed E-state index contributed by atoms with van der Waals surface area (Å²) < 4.78 is 37.7. The zero-order valence-corrected chi connectivity index (χ0v) is 13.5. The summed E-state index contributed by atoms with van der Waals surface area (Å²) in [5, 5.41) is 3.12. The van der Waals surface area contributed by atoms with Crippen molar-refractivity contribution in [2.24, 2.45) is 0 Å². The first kappa shape index (κ1) is 18.0. The third-order valence-electron chi connectivity index (χ3n) is 3.47. The summed E-state index contributed by atoms with van der Waals surface area (Å²) in [5.41, 5.74) is 0.820. The fraction of sp³-hybridized carbons (Fsp3) is 0.333. The zero-order valence-electron chi connectivity index (χ0n) is 13.5. The van der Waals surface area contributed by atoms with Gasteiger partial charge in [-0.15, -0.1) is 0 Å². The Morgan fingerprint density at radius 1 is 1.08 bits per heavy atom. The first-order valence-electron chi connectivity index (χ1n) is 7.88. The third kappa shape index (κ3) is 5.37. The predicted octanol–water partition coefficient (Wildman–Crippen LogP) is 5.31. The monoisotopic (exact) mass is 335 g/mol. The molecule has 0 aliphatic carbocycles. The maximum absolute atomic E-state index is 12.6. The van der Waals surface area contributed by atoms with Crippen LogP contribution in [-0.4, -0.2) is 9.97 Å². The lowest BCUT2D eigenvalue weighted by molar-refractivity contribution is -0.137. The first-order valence-corrected chi connectivity index (χ1v) is 7.88. The van der Waals surface area contributed by atoms with E-state index in [0.717, 1.165) is 42.7 Å². The van der Waals surface area contributed by atoms with Gasteiger partial charge in [0.05, 0.1) is 5.56 Å². The summed E-state index contributed by atoms with van der Waals surface area (Å²) in [7, 11) is 0. The van der Waals surface area contributed by atoms with Crippen LogP contribution in [0.5, 0.6) is 0 Å². The van der Waals surface area contributed by atoms with E-state index in [4.69, 9.17) is 0 Å². The van der Waals surface area contributed by atoms with Crippen molar-refractivity contribution in [2.75, 3.05) is 5.32 Å². The lowest BCUT2D eigenvalue weighted by Gasteiger charge is -2.10. The molecule has 6 heteroatoms. The van der Waals surface area contributed by atoms with Gasteiger partial charge in [0, 0.05) is 18.9 Å². The molecule has 1 heterocycles. The highest BCUT2D eigenvalue weighted by Crippen LogP contribution is 2.29. The van der Waals surface area contributed by atoms with E-state index in [0.29, 0.717) is 12.4 Å². The van der Waals surface area contributed by atoms with Crippen LogP contribution in [-0.2, 0) is 12.7 Å². The summed E-state index contributed by atoms with van der Waals surface area (Å²) >= 11 is 0. The van der Waals surface area contributed by atoms with Crippen LogP contribution in [0.2, 0.25) is 0 Å². The van der Waals surface area contributed by atoms with E-state index in [-0.39, 0.29) is 0 Å². The molecule has 0 spiro atoms. The first-order chi connectivity index (χ1) is 11.5. The highest BCUT2D eigenvalue weighted by molar-refractivity contribution is 5.58. The van der Waals surface area contributed by atoms with Gasteiger partial charge in [0.15, 0.2) is 5.82 Å². The second-order valence-corrected chi connectivity index (χ2v) is 5.38. The van der Waals surface area contributed by atoms with Crippen LogP contribution in [0.3, 0.4) is 0 Å². The van der Waals surface area contributed by atoms with Crippen molar-refractivity contribution in [3.63, 3.8) is 0 Å². The maximum Gasteiger partial charge on any atom is 0.416 e. The van der Waals surface area contributed by atoms with Crippen LogP contribution in [0.15, 0.2) is 42.7 Å². The molecule has 2 rings (SSSR count). The number of alkyl halides is 3. The molecular formula is C18H20F3N3. The fourth-order valence-electron chi connectivity index (χ4n) is 2.12. The molecule has 24 heavy (non-hydrogen) atoms. The molecule has 0 saturated heterocycles. The second kappa shape index (κ2) is 8.47. The number of hydrogen-bond acceptors (Lipinski definition) is 3. The average molecular weight is 335 g/mol. The maximum atomic E-state index is 12.6. The second-order valence-electron chi connectivity index (χ2n) is 5.38. The summed E-state index contributed by atoms with van der Waals surface area (Å²) in [6.45, 7) is 2.51. The van der Waals surface area contributed by atoms with Gasteiger partial charge in [-0.05, 0) is 30.2 Å². The van der Waals surface area contributed by atoms with Gasteiger partial charge in [0.1, 0.15) is 5.69 Å². The van der Waals surface area contributed by atoms with Crippen molar-refractivity contribution in [3.8, 4) is 0 Å². The molecule has 128 valence electrons. The Kier molecular flexibility index (Phi) is 6.35. The summed E-state index contributed by atoms with van der Waals surface area (Å²) in [5.74, 6) is 0.616. The SMILES string of the molecule is CCCC/C=C/c1nccnc1NCc1ccc(C(F)(F)F)cc1. The van der Waals surface area contributed by atoms with Crippen molar-refractivity contribution in [2.45, 2.75) is 38.9 Å². The minimum absolute atomic E-state index is 0.382. The Hall–Kier alpha value is -2.37. The highest BCUT2D eigenvalue weighted by Gasteiger charge is 2.29. The quantitative estimate of drug-likeness (QED) is 0.697. The van der Waals surface area contributed by atoms with Crippen LogP contribution in [0.4, 0.5) is 19.0 Å². The summed E-state index contributed by atoms with van der Waals surface area (Å²) in [4.78, 5) is 8.52. The number of rotatable bonds is 7. The van der Waals surface area contributed by atoms with E-state index >= 15 is 0 Å². The van der Waals surface area contributed by atoms with Gasteiger partial charge in [0.2, 0.25) is 0 Å². The number of nitrogens with zero attached hydrogens (tertiary/aromatic N) is 2. The van der Waals surface area contributed by atoms with Gasteiger partial charge in [-0.3, -0.25) is 4.98 Å². The molecule has 2 aromatic rings. The predicted molar refractivity (Wildman–Crippen MR) is 89.4 cm³/mol. The molecule has 1 N–H and O–H groups in total. The van der Waals surface area contributed by atoms with Gasteiger partial charge in [-0.1, -0.05) is 38.0 Å². The largest absolute Gasteiger partial charge is 0.416 e. The van der Waals surface area contributed by atoms with Crippen molar-refractivity contribution >= 4 is 11.9 Å². The Bertz CT molecular complexity index is 664. The molecule has 0 aliphatic heterocycles. The van der Waals surface area contributed by atoms with E-state index in [1.807, 2.05) is 6.08 Å². The lowest BCUT2D eigenvalue weighted by Crippen LogP contribution is -2.07. The lowest BCUT2D eigenvalue weighted by atomic mass is 10.1. The molecular weight excluding hydrogens is 315 g/mol. The van der Waals surface area contributed by atoms with Crippen LogP contribution in [0.25, 0.3) is 6.08 Å². The highest BCUT2D eigenvalue weighted by atomic mass is 19.4. The number of benzene rings is 1. The minimum atomic E-state index is -4.31. The molecule has 1 aromatic carbocycles. The molecule has 0 unspecified atom stereocenters. The average Bonchev–Trinajstić information content (AvgIpc) is 2.57. The number of aromatic nitrogens is 2. The zero-order chi connectivity index (χ0) is 17.4. The van der Waals surface area contributed by atoms with E-state index in [2.05, 4.69) is 28.3 Å². The molecule has 0 bridgehead atoms. The molecule has 0 fully saturated rings. The Morgan fingerprint density at radius 3 is 2.46 bits per heavy atom. The number of unbranched alkanes of at least 4 members (excludes halogenated alkanes) is 2. The smallest absolute Gasteiger partial charge is 0.364 e. The molecule has 0 radical (unpaired) electrons. The molecule has 0 amide bonds. The van der Waals surface area contributed by atoms with Gasteiger partial charge in [0.25, 0.3) is 0 Å². The van der Waals surface area contributed by atoms with E-state index in [1.165, 1.54) is 12.1 Å². The van der Waals surface area contributed by atoms with Crippen LogP contribution < -0.4 is 5.32 Å². The van der Waals surface area contributed by atoms with Crippen LogP contribution in [0, 0.1) is 0 Å². The van der Waals surface area contributed by atoms with Gasteiger partial charge in [-0.25, -0.2) is 4.98 Å². The Labute approximate surface area is 139 Å². The van der Waals surface area contributed by atoms with Crippen molar-refractivity contribution in [3.05, 3.63) is 59.6 Å². The molecule has 3 nitrogen and oxygen atoms in total. The van der Waals surface area contributed by atoms with Crippen LogP contribution >= 0.6 is 0 Å². The Balaban J connectivity index is 2.00. The van der Waals surface area contributed by atoms with Gasteiger partial charge in [-0.2, -0.15) is 13.2 Å². The van der Waals surface area contributed by atoms with E-state index in [9.17, 15) is 13.2 Å². The van der Waals surface area contributed by atoms with Crippen molar-refractivity contribution in [1.82, 2.24) is 9.97 Å². The van der Waals surface area contributed by atoms with E-state index < -0.39 is 11.7 Å². The van der Waals surface area contributed by atoms with Crippen LogP contribution in [0.1, 0.15) is 43.0 Å². The third-order valence-corrected chi connectivity index (χ3v) is 3.47. The topological polar surface area (TPSA) is 37.8 Å². The molecule has 1 aromatic heterocycles. The number of allylic oxidation sites excluding steroid dienone is 1. The number of hydrogen-bond donors (Lipinski definition) is 1. The summed E-state index contributed by atoms with van der Waals surface area (Å²) in [6, 6.07) is 5.09. The fourth-order valence-corrected chi connectivity index (χ4v) is 2.12. The van der Waals surface area contributed by atoms with Gasteiger partial charge < -0.3 is 5.32 Å². The standard InChI is InChI=1S/C18H20F3N3/c1-2-3-4-5-6-16-17(23-12-11-22-16)24-13-14-7-9-15(10-8-14)18(19,20)21/h5-12H,2-4,13H2,1H3,(H,23,24)/b6-5+.